The lowest BCUT2D eigenvalue weighted by Gasteiger charge is -2.09. The molecule has 1 saturated carbocycles. The summed E-state index contributed by atoms with van der Waals surface area (Å²) in [6.45, 7) is 5.20. The van der Waals surface area contributed by atoms with Crippen molar-refractivity contribution >= 4 is 11.6 Å². The molecule has 21 heavy (non-hydrogen) atoms. The van der Waals surface area contributed by atoms with Gasteiger partial charge < -0.3 is 14.5 Å². The van der Waals surface area contributed by atoms with E-state index in [2.05, 4.69) is 5.32 Å². The SMILES string of the molecule is Cc1cc(OCc2ccc(CNC3CC3)o2)cc(C)c1Cl. The number of nitrogens with one attached hydrogen (secondary N) is 1. The second-order valence-corrected chi connectivity index (χ2v) is 6.06. The molecule has 0 aliphatic heterocycles. The van der Waals surface area contributed by atoms with E-state index >= 15 is 0 Å². The number of rotatable bonds is 6. The van der Waals surface area contributed by atoms with Crippen LogP contribution in [0.3, 0.4) is 0 Å². The fraction of sp³-hybridized carbons (Fsp3) is 0.412. The van der Waals surface area contributed by atoms with Gasteiger partial charge in [0.2, 0.25) is 0 Å². The van der Waals surface area contributed by atoms with Gasteiger partial charge in [0, 0.05) is 11.1 Å². The van der Waals surface area contributed by atoms with E-state index < -0.39 is 0 Å². The van der Waals surface area contributed by atoms with Crippen LogP contribution in [0, 0.1) is 13.8 Å². The molecule has 0 spiro atoms. The van der Waals surface area contributed by atoms with Crippen LogP contribution in [0.1, 0.15) is 35.5 Å². The second kappa shape index (κ2) is 6.12. The van der Waals surface area contributed by atoms with E-state index in [1.54, 1.807) is 0 Å². The largest absolute Gasteiger partial charge is 0.486 e. The molecule has 1 aliphatic carbocycles. The number of hydrogen-bond acceptors (Lipinski definition) is 3. The van der Waals surface area contributed by atoms with Crippen LogP contribution in [-0.4, -0.2) is 6.04 Å². The zero-order valence-electron chi connectivity index (χ0n) is 12.4. The van der Waals surface area contributed by atoms with E-state index in [4.69, 9.17) is 20.8 Å². The van der Waals surface area contributed by atoms with Gasteiger partial charge in [-0.05, 0) is 62.1 Å². The average Bonchev–Trinajstić information content (AvgIpc) is 3.18. The van der Waals surface area contributed by atoms with E-state index in [1.807, 2.05) is 38.1 Å². The van der Waals surface area contributed by atoms with Crippen molar-refractivity contribution < 1.29 is 9.15 Å². The van der Waals surface area contributed by atoms with Crippen LogP contribution in [0.4, 0.5) is 0 Å². The summed E-state index contributed by atoms with van der Waals surface area (Å²) in [5.74, 6) is 2.63. The molecule has 0 saturated heterocycles. The lowest BCUT2D eigenvalue weighted by molar-refractivity contribution is 0.264. The molecule has 0 atom stereocenters. The third kappa shape index (κ3) is 3.80. The van der Waals surface area contributed by atoms with Crippen LogP contribution in [-0.2, 0) is 13.2 Å². The smallest absolute Gasteiger partial charge is 0.146 e. The van der Waals surface area contributed by atoms with Gasteiger partial charge in [0.05, 0.1) is 6.54 Å². The molecule has 112 valence electrons. The first-order valence-electron chi connectivity index (χ1n) is 7.32. The molecular weight excluding hydrogens is 286 g/mol. The van der Waals surface area contributed by atoms with Crippen LogP contribution in [0.5, 0.6) is 5.75 Å². The fourth-order valence-electron chi connectivity index (χ4n) is 2.27. The molecule has 3 rings (SSSR count). The van der Waals surface area contributed by atoms with E-state index in [0.29, 0.717) is 12.6 Å². The van der Waals surface area contributed by atoms with Gasteiger partial charge in [-0.2, -0.15) is 0 Å². The number of ether oxygens (including phenoxy) is 1. The molecular formula is C17H20ClNO2. The molecule has 1 fully saturated rings. The topological polar surface area (TPSA) is 34.4 Å². The Hall–Kier alpha value is -1.45. The third-order valence-corrected chi connectivity index (χ3v) is 4.25. The number of hydrogen-bond donors (Lipinski definition) is 1. The first-order valence-corrected chi connectivity index (χ1v) is 7.70. The monoisotopic (exact) mass is 305 g/mol. The van der Waals surface area contributed by atoms with E-state index in [0.717, 1.165) is 40.0 Å². The second-order valence-electron chi connectivity index (χ2n) is 5.68. The molecule has 2 aromatic rings. The highest BCUT2D eigenvalue weighted by Crippen LogP contribution is 2.26. The highest BCUT2D eigenvalue weighted by molar-refractivity contribution is 6.32. The van der Waals surface area contributed by atoms with Crippen LogP contribution >= 0.6 is 11.6 Å². The Kier molecular flexibility index (Phi) is 4.22. The van der Waals surface area contributed by atoms with Gasteiger partial charge in [0.1, 0.15) is 23.9 Å². The fourth-order valence-corrected chi connectivity index (χ4v) is 2.38. The first kappa shape index (κ1) is 14.5. The summed E-state index contributed by atoms with van der Waals surface area (Å²) < 4.78 is 11.5. The van der Waals surface area contributed by atoms with E-state index in [1.165, 1.54) is 12.8 Å². The van der Waals surface area contributed by atoms with Crippen molar-refractivity contribution in [2.75, 3.05) is 0 Å². The molecule has 0 bridgehead atoms. The quantitative estimate of drug-likeness (QED) is 0.860. The number of furan rings is 1. The first-order chi connectivity index (χ1) is 10.1. The highest BCUT2D eigenvalue weighted by atomic mass is 35.5. The summed E-state index contributed by atoms with van der Waals surface area (Å²) in [7, 11) is 0. The van der Waals surface area contributed by atoms with E-state index in [-0.39, 0.29) is 0 Å². The number of aryl methyl sites for hydroxylation is 2. The summed E-state index contributed by atoms with van der Waals surface area (Å²) in [4.78, 5) is 0. The van der Waals surface area contributed by atoms with Gasteiger partial charge in [-0.25, -0.2) is 0 Å². The van der Waals surface area contributed by atoms with Crippen LogP contribution in [0.15, 0.2) is 28.7 Å². The minimum absolute atomic E-state index is 0.434. The summed E-state index contributed by atoms with van der Waals surface area (Å²) in [5, 5.41) is 4.23. The molecule has 1 heterocycles. The Labute approximate surface area is 130 Å². The maximum atomic E-state index is 6.15. The average molecular weight is 306 g/mol. The predicted octanol–water partition coefficient (Wildman–Crippen LogP) is 4.38. The predicted molar refractivity (Wildman–Crippen MR) is 83.8 cm³/mol. The van der Waals surface area contributed by atoms with E-state index in [9.17, 15) is 0 Å². The Bertz CT molecular complexity index is 608. The molecule has 3 nitrogen and oxygen atoms in total. The molecule has 0 radical (unpaired) electrons. The molecule has 1 N–H and O–H groups in total. The van der Waals surface area contributed by atoms with Crippen LogP contribution in [0.2, 0.25) is 5.02 Å². The Morgan fingerprint density at radius 3 is 2.52 bits per heavy atom. The third-order valence-electron chi connectivity index (χ3n) is 3.65. The normalized spacial score (nSPS) is 14.4. The lowest BCUT2D eigenvalue weighted by atomic mass is 10.1. The van der Waals surface area contributed by atoms with Crippen molar-refractivity contribution in [2.24, 2.45) is 0 Å². The van der Waals surface area contributed by atoms with Gasteiger partial charge in [0.15, 0.2) is 0 Å². The van der Waals surface area contributed by atoms with Gasteiger partial charge in [-0.1, -0.05) is 11.6 Å². The molecule has 4 heteroatoms. The van der Waals surface area contributed by atoms with Crippen molar-refractivity contribution in [3.05, 3.63) is 51.9 Å². The van der Waals surface area contributed by atoms with Gasteiger partial charge in [-0.15, -0.1) is 0 Å². The minimum atomic E-state index is 0.434. The Morgan fingerprint density at radius 2 is 1.86 bits per heavy atom. The van der Waals surface area contributed by atoms with Gasteiger partial charge >= 0.3 is 0 Å². The number of benzene rings is 1. The van der Waals surface area contributed by atoms with Crippen molar-refractivity contribution in [3.63, 3.8) is 0 Å². The van der Waals surface area contributed by atoms with Crippen molar-refractivity contribution in [1.29, 1.82) is 0 Å². The molecule has 0 unspecified atom stereocenters. The summed E-state index contributed by atoms with van der Waals surface area (Å²) in [5.41, 5.74) is 2.06. The number of halogens is 1. The maximum Gasteiger partial charge on any atom is 0.146 e. The van der Waals surface area contributed by atoms with Crippen LogP contribution in [0.25, 0.3) is 0 Å². The lowest BCUT2D eigenvalue weighted by Crippen LogP contribution is -2.14. The molecule has 1 aromatic carbocycles. The maximum absolute atomic E-state index is 6.15. The van der Waals surface area contributed by atoms with Crippen molar-refractivity contribution in [1.82, 2.24) is 5.32 Å². The van der Waals surface area contributed by atoms with Gasteiger partial charge in [0.25, 0.3) is 0 Å². The Morgan fingerprint density at radius 1 is 1.19 bits per heavy atom. The molecule has 1 aliphatic rings. The zero-order chi connectivity index (χ0) is 14.8. The van der Waals surface area contributed by atoms with Crippen molar-refractivity contribution in [2.45, 2.75) is 45.9 Å². The summed E-state index contributed by atoms with van der Waals surface area (Å²) in [6, 6.07) is 8.57. The van der Waals surface area contributed by atoms with Gasteiger partial charge in [-0.3, -0.25) is 0 Å². The summed E-state index contributed by atoms with van der Waals surface area (Å²) >= 11 is 6.15. The minimum Gasteiger partial charge on any atom is -0.486 e. The standard InChI is InChI=1S/C17H20ClNO2/c1-11-7-16(8-12(2)17(11)18)20-10-15-6-5-14(21-15)9-19-13-3-4-13/h5-8,13,19H,3-4,9-10H2,1-2H3. The molecule has 0 amide bonds. The zero-order valence-corrected chi connectivity index (χ0v) is 13.2. The van der Waals surface area contributed by atoms with Crippen molar-refractivity contribution in [3.8, 4) is 5.75 Å². The highest BCUT2D eigenvalue weighted by Gasteiger charge is 2.20. The molecule has 1 aromatic heterocycles. The Balaban J connectivity index is 1.56. The summed E-state index contributed by atoms with van der Waals surface area (Å²) in [6.07, 6.45) is 2.57. The van der Waals surface area contributed by atoms with Crippen LogP contribution < -0.4 is 10.1 Å².